The summed E-state index contributed by atoms with van der Waals surface area (Å²) in [6.07, 6.45) is 2.73. The standard InChI is InChI=1S/C16H19FN2O/c1-3-15(13-5-7-14(17)8-6-13)18-10-12-4-9-16(20-2)19-11-12/h4-9,11,15,18H,3,10H2,1-2H3. The quantitative estimate of drug-likeness (QED) is 0.875. The number of aromatic nitrogens is 1. The minimum Gasteiger partial charge on any atom is -0.481 e. The van der Waals surface area contributed by atoms with Gasteiger partial charge < -0.3 is 10.1 Å². The van der Waals surface area contributed by atoms with E-state index in [1.54, 1.807) is 13.3 Å². The lowest BCUT2D eigenvalue weighted by molar-refractivity contribution is 0.397. The molecule has 3 nitrogen and oxygen atoms in total. The molecule has 0 spiro atoms. The molecule has 2 aromatic rings. The van der Waals surface area contributed by atoms with Crippen molar-refractivity contribution in [2.24, 2.45) is 0 Å². The van der Waals surface area contributed by atoms with Gasteiger partial charge in [0.1, 0.15) is 5.82 Å². The molecule has 4 heteroatoms. The van der Waals surface area contributed by atoms with E-state index in [1.165, 1.54) is 12.1 Å². The second-order valence-corrected chi connectivity index (χ2v) is 4.60. The molecule has 0 bridgehead atoms. The van der Waals surface area contributed by atoms with Crippen LogP contribution in [-0.2, 0) is 6.54 Å². The van der Waals surface area contributed by atoms with E-state index in [0.29, 0.717) is 12.4 Å². The molecule has 1 aromatic heterocycles. The van der Waals surface area contributed by atoms with Gasteiger partial charge in [0.25, 0.3) is 0 Å². The fraction of sp³-hybridized carbons (Fsp3) is 0.312. The smallest absolute Gasteiger partial charge is 0.212 e. The van der Waals surface area contributed by atoms with Gasteiger partial charge in [-0.05, 0) is 29.7 Å². The highest BCUT2D eigenvalue weighted by Gasteiger charge is 2.08. The lowest BCUT2D eigenvalue weighted by Crippen LogP contribution is -2.20. The van der Waals surface area contributed by atoms with Gasteiger partial charge in [-0.15, -0.1) is 0 Å². The third-order valence-electron chi connectivity index (χ3n) is 3.24. The van der Waals surface area contributed by atoms with E-state index >= 15 is 0 Å². The van der Waals surface area contributed by atoms with Crippen molar-refractivity contribution in [2.45, 2.75) is 25.9 Å². The molecule has 0 aliphatic carbocycles. The summed E-state index contributed by atoms with van der Waals surface area (Å²) in [4.78, 5) is 4.17. The molecule has 0 fully saturated rings. The molecule has 1 atom stereocenters. The second kappa shape index (κ2) is 7.01. The summed E-state index contributed by atoms with van der Waals surface area (Å²) in [5, 5.41) is 3.46. The molecule has 0 amide bonds. The van der Waals surface area contributed by atoms with Crippen LogP contribution < -0.4 is 10.1 Å². The largest absolute Gasteiger partial charge is 0.481 e. The van der Waals surface area contributed by atoms with E-state index < -0.39 is 0 Å². The van der Waals surface area contributed by atoms with E-state index in [-0.39, 0.29) is 11.9 Å². The number of halogens is 1. The topological polar surface area (TPSA) is 34.1 Å². The Hall–Kier alpha value is -1.94. The molecule has 1 N–H and O–H groups in total. The Balaban J connectivity index is 1.97. The van der Waals surface area contributed by atoms with Crippen molar-refractivity contribution in [3.63, 3.8) is 0 Å². The SMILES string of the molecule is CCC(NCc1ccc(OC)nc1)c1ccc(F)cc1. The fourth-order valence-electron chi connectivity index (χ4n) is 2.07. The number of nitrogens with zero attached hydrogens (tertiary/aromatic N) is 1. The number of nitrogens with one attached hydrogen (secondary N) is 1. The van der Waals surface area contributed by atoms with E-state index in [1.807, 2.05) is 24.3 Å². The second-order valence-electron chi connectivity index (χ2n) is 4.60. The maximum absolute atomic E-state index is 12.9. The molecule has 0 radical (unpaired) electrons. The average molecular weight is 274 g/mol. The minimum absolute atomic E-state index is 0.206. The molecule has 0 aliphatic heterocycles. The Morgan fingerprint density at radius 1 is 1.20 bits per heavy atom. The normalized spacial score (nSPS) is 12.2. The number of hydrogen-bond acceptors (Lipinski definition) is 3. The molecule has 0 aliphatic rings. The molecule has 20 heavy (non-hydrogen) atoms. The first-order chi connectivity index (χ1) is 9.72. The van der Waals surface area contributed by atoms with Crippen molar-refractivity contribution in [2.75, 3.05) is 7.11 Å². The summed E-state index contributed by atoms with van der Waals surface area (Å²) in [6, 6.07) is 10.7. The first kappa shape index (κ1) is 14.5. The van der Waals surface area contributed by atoms with Crippen LogP contribution in [0.15, 0.2) is 42.6 Å². The summed E-state index contributed by atoms with van der Waals surface area (Å²) >= 11 is 0. The molecule has 1 aromatic carbocycles. The molecule has 2 rings (SSSR count). The van der Waals surface area contributed by atoms with Gasteiger partial charge in [0, 0.05) is 24.8 Å². The first-order valence-corrected chi connectivity index (χ1v) is 6.70. The van der Waals surface area contributed by atoms with Crippen LogP contribution in [0.4, 0.5) is 4.39 Å². The van der Waals surface area contributed by atoms with Crippen molar-refractivity contribution in [1.29, 1.82) is 0 Å². The van der Waals surface area contributed by atoms with E-state index in [4.69, 9.17) is 4.74 Å². The van der Waals surface area contributed by atoms with Crippen LogP contribution in [0.2, 0.25) is 0 Å². The third-order valence-corrected chi connectivity index (χ3v) is 3.24. The predicted molar refractivity (Wildman–Crippen MR) is 77.1 cm³/mol. The number of benzene rings is 1. The monoisotopic (exact) mass is 274 g/mol. The van der Waals surface area contributed by atoms with Crippen molar-refractivity contribution >= 4 is 0 Å². The predicted octanol–water partition coefficient (Wildman–Crippen LogP) is 3.47. The zero-order valence-corrected chi connectivity index (χ0v) is 11.8. The fourth-order valence-corrected chi connectivity index (χ4v) is 2.07. The molecule has 0 saturated heterocycles. The van der Waals surface area contributed by atoms with Gasteiger partial charge in [0.2, 0.25) is 5.88 Å². The van der Waals surface area contributed by atoms with Gasteiger partial charge >= 0.3 is 0 Å². The maximum Gasteiger partial charge on any atom is 0.212 e. The van der Waals surface area contributed by atoms with Crippen LogP contribution in [0, 0.1) is 5.82 Å². The van der Waals surface area contributed by atoms with E-state index in [2.05, 4.69) is 17.2 Å². The highest BCUT2D eigenvalue weighted by atomic mass is 19.1. The Kier molecular flexibility index (Phi) is 5.07. The molecule has 106 valence electrons. The Labute approximate surface area is 118 Å². The summed E-state index contributed by atoms with van der Waals surface area (Å²) < 4.78 is 18.0. The Bertz CT molecular complexity index is 525. The van der Waals surface area contributed by atoms with Crippen LogP contribution in [0.5, 0.6) is 5.88 Å². The Morgan fingerprint density at radius 2 is 1.95 bits per heavy atom. The van der Waals surface area contributed by atoms with E-state index in [9.17, 15) is 4.39 Å². The first-order valence-electron chi connectivity index (χ1n) is 6.70. The van der Waals surface area contributed by atoms with Crippen LogP contribution in [0.1, 0.15) is 30.5 Å². The van der Waals surface area contributed by atoms with Gasteiger partial charge in [-0.2, -0.15) is 0 Å². The zero-order valence-electron chi connectivity index (χ0n) is 11.8. The molecular formula is C16H19FN2O. The molecule has 1 heterocycles. The summed E-state index contributed by atoms with van der Waals surface area (Å²) in [7, 11) is 1.60. The number of methoxy groups -OCH3 is 1. The van der Waals surface area contributed by atoms with Crippen molar-refractivity contribution in [3.05, 3.63) is 59.5 Å². The molecule has 0 saturated carbocycles. The average Bonchev–Trinajstić information content (AvgIpc) is 2.50. The minimum atomic E-state index is -0.206. The van der Waals surface area contributed by atoms with Gasteiger partial charge in [0.05, 0.1) is 7.11 Å². The van der Waals surface area contributed by atoms with Crippen molar-refractivity contribution in [3.8, 4) is 5.88 Å². The van der Waals surface area contributed by atoms with Crippen LogP contribution in [0.3, 0.4) is 0 Å². The zero-order chi connectivity index (χ0) is 14.4. The number of hydrogen-bond donors (Lipinski definition) is 1. The van der Waals surface area contributed by atoms with Gasteiger partial charge in [-0.25, -0.2) is 9.37 Å². The van der Waals surface area contributed by atoms with Crippen molar-refractivity contribution < 1.29 is 9.13 Å². The summed E-state index contributed by atoms with van der Waals surface area (Å²) in [5.74, 6) is 0.405. The number of pyridine rings is 1. The van der Waals surface area contributed by atoms with Crippen molar-refractivity contribution in [1.82, 2.24) is 10.3 Å². The third kappa shape index (κ3) is 3.78. The molecule has 1 unspecified atom stereocenters. The number of ether oxygens (including phenoxy) is 1. The van der Waals surface area contributed by atoms with Crippen LogP contribution >= 0.6 is 0 Å². The lowest BCUT2D eigenvalue weighted by atomic mass is 10.0. The van der Waals surface area contributed by atoms with E-state index in [0.717, 1.165) is 17.5 Å². The molecular weight excluding hydrogens is 255 g/mol. The van der Waals surface area contributed by atoms with Gasteiger partial charge in [0.15, 0.2) is 0 Å². The van der Waals surface area contributed by atoms with Crippen LogP contribution in [0.25, 0.3) is 0 Å². The van der Waals surface area contributed by atoms with Gasteiger partial charge in [-0.3, -0.25) is 0 Å². The number of rotatable bonds is 6. The lowest BCUT2D eigenvalue weighted by Gasteiger charge is -2.17. The highest BCUT2D eigenvalue weighted by molar-refractivity contribution is 5.21. The maximum atomic E-state index is 12.9. The van der Waals surface area contributed by atoms with Gasteiger partial charge in [-0.1, -0.05) is 25.1 Å². The summed E-state index contributed by atoms with van der Waals surface area (Å²) in [6.45, 7) is 2.82. The summed E-state index contributed by atoms with van der Waals surface area (Å²) in [5.41, 5.74) is 2.18. The van der Waals surface area contributed by atoms with Crippen LogP contribution in [-0.4, -0.2) is 12.1 Å². The Morgan fingerprint density at radius 3 is 2.50 bits per heavy atom. The highest BCUT2D eigenvalue weighted by Crippen LogP contribution is 2.18.